The highest BCUT2D eigenvalue weighted by Crippen LogP contribution is 2.24. The van der Waals surface area contributed by atoms with E-state index in [9.17, 15) is 14.7 Å². The van der Waals surface area contributed by atoms with Crippen molar-refractivity contribution in [2.75, 3.05) is 19.7 Å². The summed E-state index contributed by atoms with van der Waals surface area (Å²) in [5, 5.41) is 9.81. The lowest BCUT2D eigenvalue weighted by molar-refractivity contribution is -0.135. The number of hydrogen-bond donors (Lipinski definition) is 2. The Balaban J connectivity index is 2.77. The Bertz CT molecular complexity index is 593. The molecule has 0 spiro atoms. The normalized spacial score (nSPS) is 12.6. The van der Waals surface area contributed by atoms with E-state index in [1.54, 1.807) is 25.7 Å². The van der Waals surface area contributed by atoms with Gasteiger partial charge in [-0.25, -0.2) is 4.79 Å². The third kappa shape index (κ3) is 5.88. The molecule has 1 aromatic rings. The summed E-state index contributed by atoms with van der Waals surface area (Å²) in [6, 6.07) is 0. The fourth-order valence-electron chi connectivity index (χ4n) is 3.05. The topological polar surface area (TPSA) is 82.6 Å². The summed E-state index contributed by atoms with van der Waals surface area (Å²) in [7, 11) is 0. The fraction of sp³-hybridized carbons (Fsp3) is 0.684. The summed E-state index contributed by atoms with van der Waals surface area (Å²) in [5.41, 5.74) is 2.37. The van der Waals surface area contributed by atoms with Crippen LogP contribution in [0.15, 0.2) is 0 Å². The Morgan fingerprint density at radius 2 is 1.60 bits per heavy atom. The standard InChI is InChI=1S/C19H32N2O4/c1-11(2)8-21(9-12(3)4)16(23)10-25-19(24)18-13(5)17(15(7)22)14(6)20-18/h11-12,15,20,22H,8-10H2,1-7H3/t15-/m0/s1. The van der Waals surface area contributed by atoms with Crippen LogP contribution in [-0.4, -0.2) is 46.6 Å². The minimum Gasteiger partial charge on any atom is -0.451 e. The number of carbonyl (C=O) groups excluding carboxylic acids is 2. The van der Waals surface area contributed by atoms with Crippen LogP contribution in [-0.2, 0) is 9.53 Å². The third-order valence-electron chi connectivity index (χ3n) is 3.97. The Morgan fingerprint density at radius 1 is 1.08 bits per heavy atom. The molecule has 0 radical (unpaired) electrons. The van der Waals surface area contributed by atoms with Crippen molar-refractivity contribution in [1.82, 2.24) is 9.88 Å². The molecule has 6 heteroatoms. The number of amides is 1. The molecule has 6 nitrogen and oxygen atoms in total. The number of aromatic amines is 1. The molecule has 0 aromatic carbocycles. The zero-order valence-corrected chi connectivity index (χ0v) is 16.5. The summed E-state index contributed by atoms with van der Waals surface area (Å²) in [4.78, 5) is 29.4. The van der Waals surface area contributed by atoms with Gasteiger partial charge in [0.1, 0.15) is 5.69 Å². The monoisotopic (exact) mass is 352 g/mol. The zero-order valence-electron chi connectivity index (χ0n) is 16.5. The number of aryl methyl sites for hydroxylation is 1. The van der Waals surface area contributed by atoms with Crippen LogP contribution < -0.4 is 0 Å². The van der Waals surface area contributed by atoms with Gasteiger partial charge in [-0.3, -0.25) is 4.79 Å². The summed E-state index contributed by atoms with van der Waals surface area (Å²) in [6.45, 7) is 14.4. The molecule has 0 bridgehead atoms. The number of esters is 1. The average Bonchev–Trinajstić information content (AvgIpc) is 2.77. The zero-order chi connectivity index (χ0) is 19.3. The summed E-state index contributed by atoms with van der Waals surface area (Å²) in [6.07, 6.45) is -0.674. The molecule has 0 saturated heterocycles. The lowest BCUT2D eigenvalue weighted by Gasteiger charge is -2.26. The molecule has 0 aliphatic heterocycles. The van der Waals surface area contributed by atoms with Gasteiger partial charge in [0.15, 0.2) is 6.61 Å². The van der Waals surface area contributed by atoms with E-state index in [1.807, 2.05) is 0 Å². The predicted octanol–water partition coefficient (Wildman–Crippen LogP) is 2.98. The number of ether oxygens (including phenoxy) is 1. The average molecular weight is 352 g/mol. The Morgan fingerprint density at radius 3 is 2.00 bits per heavy atom. The first-order chi connectivity index (χ1) is 11.5. The lowest BCUT2D eigenvalue weighted by Crippen LogP contribution is -2.39. The molecule has 0 saturated carbocycles. The van der Waals surface area contributed by atoms with Crippen molar-refractivity contribution in [3.63, 3.8) is 0 Å². The van der Waals surface area contributed by atoms with Crippen LogP contribution in [0.25, 0.3) is 0 Å². The molecule has 0 aliphatic rings. The number of carbonyl (C=O) groups is 2. The van der Waals surface area contributed by atoms with Gasteiger partial charge in [0.25, 0.3) is 5.91 Å². The van der Waals surface area contributed by atoms with E-state index >= 15 is 0 Å². The number of hydrogen-bond acceptors (Lipinski definition) is 4. The van der Waals surface area contributed by atoms with Gasteiger partial charge < -0.3 is 19.7 Å². The van der Waals surface area contributed by atoms with Crippen molar-refractivity contribution in [3.05, 3.63) is 22.5 Å². The van der Waals surface area contributed by atoms with Crippen LogP contribution in [0.5, 0.6) is 0 Å². The molecular formula is C19H32N2O4. The predicted molar refractivity (Wildman–Crippen MR) is 97.4 cm³/mol. The number of nitrogens with zero attached hydrogens (tertiary/aromatic N) is 1. The second-order valence-electron chi connectivity index (χ2n) is 7.50. The van der Waals surface area contributed by atoms with E-state index in [0.717, 1.165) is 5.69 Å². The van der Waals surface area contributed by atoms with Gasteiger partial charge in [-0.2, -0.15) is 0 Å². The second kappa shape index (κ2) is 9.04. The largest absolute Gasteiger partial charge is 0.451 e. The lowest BCUT2D eigenvalue weighted by atomic mass is 10.1. The Hall–Kier alpha value is -1.82. The number of rotatable bonds is 8. The molecule has 1 amide bonds. The maximum Gasteiger partial charge on any atom is 0.355 e. The van der Waals surface area contributed by atoms with Crippen LogP contribution in [0.1, 0.15) is 68.0 Å². The van der Waals surface area contributed by atoms with Crippen LogP contribution in [0.2, 0.25) is 0 Å². The molecule has 0 fully saturated rings. The van der Waals surface area contributed by atoms with Gasteiger partial charge in [-0.15, -0.1) is 0 Å². The van der Waals surface area contributed by atoms with Gasteiger partial charge in [-0.1, -0.05) is 27.7 Å². The smallest absolute Gasteiger partial charge is 0.355 e. The van der Waals surface area contributed by atoms with Crippen LogP contribution in [0, 0.1) is 25.7 Å². The van der Waals surface area contributed by atoms with E-state index in [2.05, 4.69) is 32.7 Å². The van der Waals surface area contributed by atoms with E-state index in [4.69, 9.17) is 4.74 Å². The van der Waals surface area contributed by atoms with Crippen LogP contribution >= 0.6 is 0 Å². The maximum atomic E-state index is 12.4. The van der Waals surface area contributed by atoms with E-state index in [-0.39, 0.29) is 12.5 Å². The first-order valence-corrected chi connectivity index (χ1v) is 8.86. The van der Waals surface area contributed by atoms with Gasteiger partial charge in [0.2, 0.25) is 0 Å². The number of aliphatic hydroxyl groups is 1. The first kappa shape index (κ1) is 21.2. The van der Waals surface area contributed by atoms with Crippen molar-refractivity contribution in [3.8, 4) is 0 Å². The maximum absolute atomic E-state index is 12.4. The quantitative estimate of drug-likeness (QED) is 0.705. The molecule has 1 rings (SSSR count). The van der Waals surface area contributed by atoms with E-state index in [1.165, 1.54) is 0 Å². The van der Waals surface area contributed by atoms with Crippen LogP contribution in [0.3, 0.4) is 0 Å². The van der Waals surface area contributed by atoms with Crippen LogP contribution in [0.4, 0.5) is 0 Å². The van der Waals surface area contributed by atoms with Gasteiger partial charge >= 0.3 is 5.97 Å². The number of aromatic nitrogens is 1. The van der Waals surface area contributed by atoms with E-state index < -0.39 is 12.1 Å². The van der Waals surface area contributed by atoms with Crippen molar-refractivity contribution in [2.24, 2.45) is 11.8 Å². The van der Waals surface area contributed by atoms with E-state index in [0.29, 0.717) is 41.7 Å². The Kier molecular flexibility index (Phi) is 7.67. The summed E-state index contributed by atoms with van der Waals surface area (Å²) in [5.74, 6) is -0.0667. The van der Waals surface area contributed by atoms with Crippen molar-refractivity contribution in [1.29, 1.82) is 0 Å². The molecule has 1 atom stereocenters. The molecule has 1 heterocycles. The second-order valence-corrected chi connectivity index (χ2v) is 7.50. The number of nitrogens with one attached hydrogen (secondary N) is 1. The molecule has 25 heavy (non-hydrogen) atoms. The number of H-pyrrole nitrogens is 1. The van der Waals surface area contributed by atoms with Gasteiger partial charge in [-0.05, 0) is 38.2 Å². The Labute approximate surface area is 150 Å². The van der Waals surface area contributed by atoms with Crippen molar-refractivity contribution >= 4 is 11.9 Å². The van der Waals surface area contributed by atoms with Gasteiger partial charge in [0, 0.05) is 24.3 Å². The summed E-state index contributed by atoms with van der Waals surface area (Å²) < 4.78 is 5.22. The minimum absolute atomic E-state index is 0.188. The molecular weight excluding hydrogens is 320 g/mol. The molecule has 0 aliphatic carbocycles. The third-order valence-corrected chi connectivity index (χ3v) is 3.97. The SMILES string of the molecule is Cc1[nH]c(C(=O)OCC(=O)N(CC(C)C)CC(C)C)c(C)c1[C@H](C)O. The first-order valence-electron chi connectivity index (χ1n) is 8.86. The molecule has 1 aromatic heterocycles. The summed E-state index contributed by atoms with van der Waals surface area (Å²) >= 11 is 0. The minimum atomic E-state index is -0.674. The van der Waals surface area contributed by atoms with Gasteiger partial charge in [0.05, 0.1) is 6.10 Å². The highest BCUT2D eigenvalue weighted by atomic mass is 16.5. The number of aliphatic hydroxyl groups excluding tert-OH is 1. The fourth-order valence-corrected chi connectivity index (χ4v) is 3.05. The molecule has 0 unspecified atom stereocenters. The molecule has 142 valence electrons. The highest BCUT2D eigenvalue weighted by molar-refractivity contribution is 5.91. The highest BCUT2D eigenvalue weighted by Gasteiger charge is 2.23. The molecule has 2 N–H and O–H groups in total. The van der Waals surface area contributed by atoms with Crippen molar-refractivity contribution in [2.45, 2.75) is 54.6 Å². The van der Waals surface area contributed by atoms with Crippen molar-refractivity contribution < 1.29 is 19.4 Å².